The second-order valence-electron chi connectivity index (χ2n) is 5.54. The Labute approximate surface area is 116 Å². The van der Waals surface area contributed by atoms with Gasteiger partial charge < -0.3 is 10.6 Å². The molecule has 0 saturated heterocycles. The highest BCUT2D eigenvalue weighted by Crippen LogP contribution is 2.12. The summed E-state index contributed by atoms with van der Waals surface area (Å²) in [5.41, 5.74) is 9.44. The summed E-state index contributed by atoms with van der Waals surface area (Å²) >= 11 is 0. The van der Waals surface area contributed by atoms with Gasteiger partial charge >= 0.3 is 0 Å². The van der Waals surface area contributed by atoms with E-state index in [1.54, 1.807) is 0 Å². The van der Waals surface area contributed by atoms with Gasteiger partial charge in [0.1, 0.15) is 0 Å². The summed E-state index contributed by atoms with van der Waals surface area (Å²) in [6.07, 6.45) is 1.45. The number of carbonyl (C=O) groups is 1. The number of benzene rings is 1. The monoisotopic (exact) mass is 262 g/mol. The lowest BCUT2D eigenvalue weighted by atomic mass is 10.0. The van der Waals surface area contributed by atoms with Crippen LogP contribution in [0.2, 0.25) is 0 Å². The summed E-state index contributed by atoms with van der Waals surface area (Å²) < 4.78 is 0. The molecule has 0 saturated carbocycles. The Hall–Kier alpha value is -1.35. The van der Waals surface area contributed by atoms with Crippen LogP contribution in [0.15, 0.2) is 18.2 Å². The predicted molar refractivity (Wildman–Crippen MR) is 80.1 cm³/mol. The quantitative estimate of drug-likeness (QED) is 0.855. The van der Waals surface area contributed by atoms with Crippen molar-refractivity contribution in [1.29, 1.82) is 0 Å². The molecule has 2 N–H and O–H groups in total. The maximum absolute atomic E-state index is 12.0. The molecule has 3 nitrogen and oxygen atoms in total. The summed E-state index contributed by atoms with van der Waals surface area (Å²) in [6.45, 7) is 7.56. The average Bonchev–Trinajstić information content (AvgIpc) is 2.39. The summed E-state index contributed by atoms with van der Waals surface area (Å²) in [5.74, 6) is 0.443. The highest BCUT2D eigenvalue weighted by Gasteiger charge is 2.12. The van der Waals surface area contributed by atoms with E-state index in [0.717, 1.165) is 13.0 Å². The Morgan fingerprint density at radius 3 is 2.68 bits per heavy atom. The van der Waals surface area contributed by atoms with Crippen LogP contribution in [0.4, 0.5) is 0 Å². The first kappa shape index (κ1) is 15.7. The fourth-order valence-electron chi connectivity index (χ4n) is 2.02. The van der Waals surface area contributed by atoms with E-state index in [9.17, 15) is 4.79 Å². The van der Waals surface area contributed by atoms with Crippen LogP contribution in [0.5, 0.6) is 0 Å². The second-order valence-corrected chi connectivity index (χ2v) is 5.54. The van der Waals surface area contributed by atoms with Gasteiger partial charge in [0.05, 0.1) is 0 Å². The average molecular weight is 262 g/mol. The van der Waals surface area contributed by atoms with Gasteiger partial charge in [-0.2, -0.15) is 0 Å². The largest absolute Gasteiger partial charge is 0.345 e. The van der Waals surface area contributed by atoms with E-state index in [0.29, 0.717) is 13.0 Å². The molecule has 0 radical (unpaired) electrons. The van der Waals surface area contributed by atoms with E-state index in [1.165, 1.54) is 16.7 Å². The number of hydrogen-bond acceptors (Lipinski definition) is 2. The lowest BCUT2D eigenvalue weighted by Crippen LogP contribution is -2.31. The van der Waals surface area contributed by atoms with Crippen molar-refractivity contribution in [2.75, 3.05) is 20.1 Å². The van der Waals surface area contributed by atoms with Crippen molar-refractivity contribution in [2.24, 2.45) is 11.7 Å². The van der Waals surface area contributed by atoms with Gasteiger partial charge in [0.15, 0.2) is 0 Å². The molecule has 0 bridgehead atoms. The van der Waals surface area contributed by atoms with Gasteiger partial charge in [-0.3, -0.25) is 4.79 Å². The fraction of sp³-hybridized carbons (Fsp3) is 0.562. The summed E-state index contributed by atoms with van der Waals surface area (Å²) in [4.78, 5) is 13.8. The molecule has 0 aliphatic heterocycles. The topological polar surface area (TPSA) is 46.3 Å². The maximum atomic E-state index is 12.0. The van der Waals surface area contributed by atoms with Crippen LogP contribution in [-0.4, -0.2) is 30.9 Å². The van der Waals surface area contributed by atoms with E-state index >= 15 is 0 Å². The second kappa shape index (κ2) is 7.29. The van der Waals surface area contributed by atoms with Crippen LogP contribution in [0.1, 0.15) is 30.0 Å². The minimum absolute atomic E-state index is 0.184. The minimum atomic E-state index is 0.184. The molecule has 19 heavy (non-hydrogen) atoms. The molecule has 1 atom stereocenters. The van der Waals surface area contributed by atoms with E-state index in [1.807, 2.05) is 18.9 Å². The maximum Gasteiger partial charge on any atom is 0.222 e. The van der Waals surface area contributed by atoms with Crippen LogP contribution in [0, 0.1) is 19.8 Å². The van der Waals surface area contributed by atoms with Crippen molar-refractivity contribution >= 4 is 5.91 Å². The van der Waals surface area contributed by atoms with Crippen molar-refractivity contribution in [3.05, 3.63) is 34.9 Å². The Balaban J connectivity index is 2.51. The van der Waals surface area contributed by atoms with Gasteiger partial charge in [-0.15, -0.1) is 0 Å². The Kier molecular flexibility index (Phi) is 6.03. The molecule has 106 valence electrons. The number of carbonyl (C=O) groups excluding carboxylic acids is 1. The van der Waals surface area contributed by atoms with Gasteiger partial charge in [0.2, 0.25) is 5.91 Å². The molecular formula is C16H26N2O. The molecule has 1 rings (SSSR count). The van der Waals surface area contributed by atoms with Crippen LogP contribution in [0.3, 0.4) is 0 Å². The van der Waals surface area contributed by atoms with Crippen molar-refractivity contribution in [2.45, 2.75) is 33.6 Å². The number of aryl methyl sites for hydroxylation is 2. The molecule has 0 aromatic heterocycles. The van der Waals surface area contributed by atoms with Gasteiger partial charge in [0, 0.05) is 20.0 Å². The van der Waals surface area contributed by atoms with E-state index in [4.69, 9.17) is 5.73 Å². The Morgan fingerprint density at radius 1 is 1.37 bits per heavy atom. The first-order chi connectivity index (χ1) is 8.93. The first-order valence-corrected chi connectivity index (χ1v) is 6.94. The lowest BCUT2D eigenvalue weighted by Gasteiger charge is -2.19. The smallest absolute Gasteiger partial charge is 0.222 e. The molecule has 1 aromatic rings. The number of amides is 1. The molecule has 3 heteroatoms. The van der Waals surface area contributed by atoms with Gasteiger partial charge in [-0.25, -0.2) is 0 Å². The van der Waals surface area contributed by atoms with E-state index < -0.39 is 0 Å². The highest BCUT2D eigenvalue weighted by atomic mass is 16.2. The van der Waals surface area contributed by atoms with Crippen LogP contribution < -0.4 is 5.73 Å². The normalized spacial score (nSPS) is 12.3. The molecule has 0 aliphatic carbocycles. The van der Waals surface area contributed by atoms with Crippen molar-refractivity contribution < 1.29 is 4.79 Å². The van der Waals surface area contributed by atoms with Crippen LogP contribution in [-0.2, 0) is 11.2 Å². The third-order valence-corrected chi connectivity index (χ3v) is 3.57. The number of rotatable bonds is 6. The predicted octanol–water partition coefficient (Wildman–Crippen LogP) is 2.29. The van der Waals surface area contributed by atoms with Gasteiger partial charge in [-0.1, -0.05) is 30.7 Å². The number of nitrogens with zero attached hydrogens (tertiary/aromatic N) is 1. The van der Waals surface area contributed by atoms with E-state index in [2.05, 4.69) is 32.0 Å². The van der Waals surface area contributed by atoms with E-state index in [-0.39, 0.29) is 11.8 Å². The fourth-order valence-corrected chi connectivity index (χ4v) is 2.02. The standard InChI is InChI=1S/C16H26N2O/c1-12-5-6-14(3)15(9-12)7-8-18(4)16(19)10-13(2)11-17/h5-6,9,13H,7-8,10-11,17H2,1-4H3. The number of hydrogen-bond donors (Lipinski definition) is 1. The number of likely N-dealkylation sites (N-methyl/N-ethyl adjacent to an activating group) is 1. The van der Waals surface area contributed by atoms with Crippen molar-refractivity contribution in [3.8, 4) is 0 Å². The summed E-state index contributed by atoms with van der Waals surface area (Å²) in [6, 6.07) is 6.47. The van der Waals surface area contributed by atoms with Gasteiger partial charge in [-0.05, 0) is 43.9 Å². The molecule has 0 heterocycles. The number of nitrogens with two attached hydrogens (primary N) is 1. The highest BCUT2D eigenvalue weighted by molar-refractivity contribution is 5.76. The third kappa shape index (κ3) is 5.03. The van der Waals surface area contributed by atoms with Gasteiger partial charge in [0.25, 0.3) is 0 Å². The third-order valence-electron chi connectivity index (χ3n) is 3.57. The van der Waals surface area contributed by atoms with Crippen LogP contribution in [0.25, 0.3) is 0 Å². The Morgan fingerprint density at radius 2 is 2.05 bits per heavy atom. The van der Waals surface area contributed by atoms with Crippen molar-refractivity contribution in [3.63, 3.8) is 0 Å². The molecule has 0 aliphatic rings. The molecule has 1 unspecified atom stereocenters. The summed E-state index contributed by atoms with van der Waals surface area (Å²) in [5, 5.41) is 0. The molecule has 0 spiro atoms. The zero-order chi connectivity index (χ0) is 14.4. The molecule has 1 amide bonds. The zero-order valence-electron chi connectivity index (χ0n) is 12.6. The minimum Gasteiger partial charge on any atom is -0.345 e. The lowest BCUT2D eigenvalue weighted by molar-refractivity contribution is -0.130. The zero-order valence-corrected chi connectivity index (χ0v) is 12.6. The Bertz CT molecular complexity index is 429. The molecular weight excluding hydrogens is 236 g/mol. The van der Waals surface area contributed by atoms with Crippen LogP contribution >= 0.6 is 0 Å². The summed E-state index contributed by atoms with van der Waals surface area (Å²) in [7, 11) is 1.87. The first-order valence-electron chi connectivity index (χ1n) is 6.94. The SMILES string of the molecule is Cc1ccc(C)c(CCN(C)C(=O)CC(C)CN)c1. The molecule has 0 fully saturated rings. The van der Waals surface area contributed by atoms with Crippen molar-refractivity contribution in [1.82, 2.24) is 4.90 Å². The molecule has 1 aromatic carbocycles.